The van der Waals surface area contributed by atoms with Crippen LogP contribution in [0.4, 0.5) is 0 Å². The summed E-state index contributed by atoms with van der Waals surface area (Å²) < 4.78 is 0. The number of aliphatic hydroxyl groups is 1. The van der Waals surface area contributed by atoms with Crippen molar-refractivity contribution in [1.29, 1.82) is 0 Å². The predicted octanol–water partition coefficient (Wildman–Crippen LogP) is 1.21. The minimum Gasteiger partial charge on any atom is -0.481 e. The van der Waals surface area contributed by atoms with Crippen LogP contribution < -0.4 is 5.73 Å². The van der Waals surface area contributed by atoms with Crippen molar-refractivity contribution in [2.45, 2.75) is 58.0 Å². The maximum Gasteiger partial charge on any atom is 0.303 e. The Kier molecular flexibility index (Phi) is 14.9. The minimum absolute atomic E-state index is 0.221. The SMILES string of the molecule is CC(O)CN.O=C(O)CCCCCCCC(=O)O. The largest absolute Gasteiger partial charge is 0.481 e. The second-order valence-corrected chi connectivity index (χ2v) is 4.14. The van der Waals surface area contributed by atoms with Gasteiger partial charge in [-0.1, -0.05) is 19.3 Å². The standard InChI is InChI=1S/C9H16O4.C3H9NO/c10-8(11)6-4-2-1-3-5-7-9(12)13;1-3(5)2-4/h1-7H2,(H,10,11)(H,12,13);3,5H,2,4H2,1H3. The molecule has 6 nitrogen and oxygen atoms in total. The molecule has 1 unspecified atom stereocenters. The van der Waals surface area contributed by atoms with E-state index in [9.17, 15) is 9.59 Å². The summed E-state index contributed by atoms with van der Waals surface area (Å²) in [5, 5.41) is 24.9. The number of aliphatic hydroxyl groups excluding tert-OH is 1. The number of hydrogen-bond acceptors (Lipinski definition) is 4. The van der Waals surface area contributed by atoms with Gasteiger partial charge in [-0.2, -0.15) is 0 Å². The first-order valence-corrected chi connectivity index (χ1v) is 6.21. The summed E-state index contributed by atoms with van der Waals surface area (Å²) in [5.74, 6) is -1.52. The molecule has 108 valence electrons. The van der Waals surface area contributed by atoms with Crippen molar-refractivity contribution in [1.82, 2.24) is 0 Å². The van der Waals surface area contributed by atoms with Gasteiger partial charge in [-0.15, -0.1) is 0 Å². The molecule has 0 radical (unpaired) electrons. The first kappa shape index (κ1) is 19.2. The van der Waals surface area contributed by atoms with Crippen LogP contribution in [0.1, 0.15) is 51.9 Å². The van der Waals surface area contributed by atoms with Gasteiger partial charge in [-0.3, -0.25) is 9.59 Å². The molecule has 0 amide bonds. The molecule has 0 saturated carbocycles. The highest BCUT2D eigenvalue weighted by atomic mass is 16.4. The molecule has 0 spiro atoms. The van der Waals surface area contributed by atoms with E-state index in [1.807, 2.05) is 0 Å². The van der Waals surface area contributed by atoms with E-state index < -0.39 is 11.9 Å². The molecular weight excluding hydrogens is 238 g/mol. The van der Waals surface area contributed by atoms with Gasteiger partial charge in [0.1, 0.15) is 0 Å². The van der Waals surface area contributed by atoms with Gasteiger partial charge in [0.05, 0.1) is 6.10 Å². The quantitative estimate of drug-likeness (QED) is 0.464. The van der Waals surface area contributed by atoms with Gasteiger partial charge in [0.25, 0.3) is 0 Å². The molecule has 0 aromatic heterocycles. The summed E-state index contributed by atoms with van der Waals surface area (Å²) in [6.07, 6.45) is 4.19. The molecule has 0 rings (SSSR count). The highest BCUT2D eigenvalue weighted by molar-refractivity contribution is 5.66. The maximum atomic E-state index is 10.1. The van der Waals surface area contributed by atoms with E-state index in [2.05, 4.69) is 0 Å². The molecule has 0 fully saturated rings. The van der Waals surface area contributed by atoms with E-state index in [4.69, 9.17) is 21.1 Å². The maximum absolute atomic E-state index is 10.1. The molecular formula is C12H25NO5. The Balaban J connectivity index is 0. The van der Waals surface area contributed by atoms with Crippen LogP contribution in [0, 0.1) is 0 Å². The number of carboxylic acid groups (broad SMARTS) is 2. The lowest BCUT2D eigenvalue weighted by atomic mass is 10.1. The van der Waals surface area contributed by atoms with E-state index in [1.54, 1.807) is 6.92 Å². The smallest absolute Gasteiger partial charge is 0.303 e. The average molecular weight is 263 g/mol. The number of carbonyl (C=O) groups is 2. The highest BCUT2D eigenvalue weighted by Gasteiger charge is 1.98. The van der Waals surface area contributed by atoms with Gasteiger partial charge < -0.3 is 21.1 Å². The van der Waals surface area contributed by atoms with Crippen molar-refractivity contribution in [3.63, 3.8) is 0 Å². The second kappa shape index (κ2) is 13.9. The molecule has 5 N–H and O–H groups in total. The van der Waals surface area contributed by atoms with Crippen molar-refractivity contribution in [3.05, 3.63) is 0 Å². The summed E-state index contributed by atoms with van der Waals surface area (Å²) in [5.41, 5.74) is 4.92. The van der Waals surface area contributed by atoms with Crippen LogP contribution in [-0.2, 0) is 9.59 Å². The zero-order valence-electron chi connectivity index (χ0n) is 11.0. The summed E-state index contributed by atoms with van der Waals surface area (Å²) in [6, 6.07) is 0. The minimum atomic E-state index is -0.759. The van der Waals surface area contributed by atoms with E-state index in [0.29, 0.717) is 19.4 Å². The van der Waals surface area contributed by atoms with Crippen LogP contribution in [0.15, 0.2) is 0 Å². The number of unbranched alkanes of at least 4 members (excludes halogenated alkanes) is 4. The number of aliphatic carboxylic acids is 2. The molecule has 0 heterocycles. The Morgan fingerprint density at radius 1 is 0.944 bits per heavy atom. The predicted molar refractivity (Wildman–Crippen MR) is 68.3 cm³/mol. The second-order valence-electron chi connectivity index (χ2n) is 4.14. The highest BCUT2D eigenvalue weighted by Crippen LogP contribution is 2.06. The van der Waals surface area contributed by atoms with E-state index in [0.717, 1.165) is 19.3 Å². The van der Waals surface area contributed by atoms with Crippen LogP contribution in [0.25, 0.3) is 0 Å². The van der Waals surface area contributed by atoms with Crippen LogP contribution in [0.5, 0.6) is 0 Å². The number of hydrogen-bond donors (Lipinski definition) is 4. The lowest BCUT2D eigenvalue weighted by Crippen LogP contribution is -2.14. The Labute approximate surface area is 108 Å². The summed E-state index contributed by atoms with van der Waals surface area (Å²) in [6.45, 7) is 2.01. The van der Waals surface area contributed by atoms with Gasteiger partial charge in [-0.25, -0.2) is 0 Å². The zero-order valence-corrected chi connectivity index (χ0v) is 11.0. The van der Waals surface area contributed by atoms with Crippen LogP contribution in [0.3, 0.4) is 0 Å². The van der Waals surface area contributed by atoms with Crippen LogP contribution in [-0.4, -0.2) is 39.9 Å². The molecule has 0 aromatic rings. The van der Waals surface area contributed by atoms with Crippen molar-refractivity contribution < 1.29 is 24.9 Å². The zero-order chi connectivity index (χ0) is 14.4. The van der Waals surface area contributed by atoms with Gasteiger partial charge in [0.15, 0.2) is 0 Å². The topological polar surface area (TPSA) is 121 Å². The molecule has 0 aliphatic rings. The first-order chi connectivity index (χ1) is 8.40. The lowest BCUT2D eigenvalue weighted by Gasteiger charge is -1.97. The number of rotatable bonds is 9. The van der Waals surface area contributed by atoms with Gasteiger partial charge >= 0.3 is 11.9 Å². The Hall–Kier alpha value is -1.14. The molecule has 0 aromatic carbocycles. The van der Waals surface area contributed by atoms with E-state index >= 15 is 0 Å². The third kappa shape index (κ3) is 24.2. The first-order valence-electron chi connectivity index (χ1n) is 6.21. The summed E-state index contributed by atoms with van der Waals surface area (Å²) in [4.78, 5) is 20.2. The Morgan fingerprint density at radius 3 is 1.44 bits per heavy atom. The molecule has 0 aliphatic heterocycles. The molecule has 0 saturated heterocycles. The fourth-order valence-electron chi connectivity index (χ4n) is 1.08. The third-order valence-electron chi connectivity index (χ3n) is 2.12. The summed E-state index contributed by atoms with van der Waals surface area (Å²) >= 11 is 0. The lowest BCUT2D eigenvalue weighted by molar-refractivity contribution is -0.138. The van der Waals surface area contributed by atoms with Gasteiger partial charge in [0.2, 0.25) is 0 Å². The molecule has 6 heteroatoms. The third-order valence-corrected chi connectivity index (χ3v) is 2.12. The fourth-order valence-corrected chi connectivity index (χ4v) is 1.08. The molecule has 0 bridgehead atoms. The number of nitrogens with two attached hydrogens (primary N) is 1. The Morgan fingerprint density at radius 2 is 1.22 bits per heavy atom. The fraction of sp³-hybridized carbons (Fsp3) is 0.833. The van der Waals surface area contributed by atoms with E-state index in [1.165, 1.54) is 0 Å². The molecule has 0 aliphatic carbocycles. The average Bonchev–Trinajstić information content (AvgIpc) is 2.27. The van der Waals surface area contributed by atoms with Crippen molar-refractivity contribution in [2.24, 2.45) is 5.73 Å². The van der Waals surface area contributed by atoms with Crippen LogP contribution in [0.2, 0.25) is 0 Å². The number of carboxylic acids is 2. The van der Waals surface area contributed by atoms with Crippen molar-refractivity contribution in [3.8, 4) is 0 Å². The Bertz CT molecular complexity index is 201. The molecule has 1 atom stereocenters. The van der Waals surface area contributed by atoms with Gasteiger partial charge in [0, 0.05) is 19.4 Å². The van der Waals surface area contributed by atoms with Gasteiger partial charge in [-0.05, 0) is 19.8 Å². The normalized spacial score (nSPS) is 11.3. The monoisotopic (exact) mass is 263 g/mol. The van der Waals surface area contributed by atoms with E-state index in [-0.39, 0.29) is 18.9 Å². The van der Waals surface area contributed by atoms with Crippen molar-refractivity contribution >= 4 is 11.9 Å². The van der Waals surface area contributed by atoms with Crippen LogP contribution >= 0.6 is 0 Å². The van der Waals surface area contributed by atoms with Crippen molar-refractivity contribution in [2.75, 3.05) is 6.54 Å². The summed E-state index contributed by atoms with van der Waals surface area (Å²) in [7, 11) is 0. The molecule has 18 heavy (non-hydrogen) atoms.